The van der Waals surface area contributed by atoms with Crippen molar-refractivity contribution in [2.24, 2.45) is 5.73 Å². The number of aliphatic carboxylic acids is 1. The number of halogens is 1. The number of hydrogen-bond donors (Lipinski definition) is 4. The van der Waals surface area contributed by atoms with Crippen molar-refractivity contribution in [2.45, 2.75) is 50.3 Å². The van der Waals surface area contributed by atoms with Gasteiger partial charge in [0.05, 0.1) is 12.4 Å². The van der Waals surface area contributed by atoms with Crippen LogP contribution in [0.3, 0.4) is 0 Å². The molecule has 5 N–H and O–H groups in total. The Kier molecular flexibility index (Phi) is 7.61. The van der Waals surface area contributed by atoms with Crippen LogP contribution in [0.25, 0.3) is 11.2 Å². The zero-order valence-corrected chi connectivity index (χ0v) is 21.1. The molecule has 202 valence electrons. The normalized spacial score (nSPS) is 23.5. The minimum Gasteiger partial charge on any atom is -0.483 e. The van der Waals surface area contributed by atoms with E-state index in [1.165, 1.54) is 17.2 Å². The number of ether oxygens (including phenoxy) is 2. The van der Waals surface area contributed by atoms with Crippen LogP contribution in [0.5, 0.6) is 5.75 Å². The van der Waals surface area contributed by atoms with Gasteiger partial charge in [-0.3, -0.25) is 9.36 Å². The molecule has 38 heavy (non-hydrogen) atoms. The summed E-state index contributed by atoms with van der Waals surface area (Å²) < 4.78 is 12.8. The van der Waals surface area contributed by atoms with E-state index in [1.54, 1.807) is 18.2 Å². The number of anilines is 1. The molecule has 0 spiro atoms. The predicted molar refractivity (Wildman–Crippen MR) is 136 cm³/mol. The number of nitrogens with two attached hydrogens (primary N) is 1. The van der Waals surface area contributed by atoms with Crippen molar-refractivity contribution in [3.8, 4) is 5.75 Å². The Hall–Kier alpha value is -3.52. The van der Waals surface area contributed by atoms with Gasteiger partial charge in [0.25, 0.3) is 5.91 Å². The Morgan fingerprint density at radius 3 is 2.74 bits per heavy atom. The molecule has 2 aliphatic rings. The summed E-state index contributed by atoms with van der Waals surface area (Å²) in [6.45, 7) is 1.68. The lowest BCUT2D eigenvalue weighted by molar-refractivity contribution is -0.152. The van der Waals surface area contributed by atoms with Crippen molar-refractivity contribution in [1.29, 1.82) is 0 Å². The first-order chi connectivity index (χ1) is 18.3. The third-order valence-electron chi connectivity index (χ3n) is 6.73. The number of benzene rings is 1. The van der Waals surface area contributed by atoms with E-state index in [0.717, 1.165) is 32.4 Å². The molecule has 2 saturated heterocycles. The van der Waals surface area contributed by atoms with Gasteiger partial charge in [0.15, 0.2) is 35.9 Å². The number of hydrogen-bond acceptors (Lipinski definition) is 10. The number of aliphatic hydroxyl groups excluding tert-OH is 1. The number of likely N-dealkylation sites (tertiary alicyclic amines) is 1. The van der Waals surface area contributed by atoms with Gasteiger partial charge in [-0.15, -0.1) is 0 Å². The molecule has 2 fully saturated rings. The van der Waals surface area contributed by atoms with Crippen LogP contribution in [0.15, 0.2) is 30.9 Å². The Labute approximate surface area is 222 Å². The molecule has 3 aromatic rings. The lowest BCUT2D eigenvalue weighted by atomic mass is 10.1. The van der Waals surface area contributed by atoms with Crippen LogP contribution >= 0.6 is 11.6 Å². The summed E-state index contributed by atoms with van der Waals surface area (Å²) in [7, 11) is 0. The average molecular weight is 546 g/mol. The molecule has 13 nitrogen and oxygen atoms in total. The topological polar surface area (TPSA) is 178 Å². The van der Waals surface area contributed by atoms with Gasteiger partial charge in [0.2, 0.25) is 0 Å². The number of carbonyl (C=O) groups is 2. The highest BCUT2D eigenvalue weighted by Crippen LogP contribution is 2.32. The van der Waals surface area contributed by atoms with Crippen LogP contribution in [0.2, 0.25) is 5.02 Å². The number of nitrogens with zero attached hydrogens (tertiary/aromatic N) is 5. The summed E-state index contributed by atoms with van der Waals surface area (Å²) in [6.07, 6.45) is 2.11. The smallest absolute Gasteiger partial charge is 0.334 e. The Morgan fingerprint density at radius 1 is 1.21 bits per heavy atom. The second-order valence-corrected chi connectivity index (χ2v) is 9.67. The second-order valence-electron chi connectivity index (χ2n) is 9.24. The molecule has 1 amide bonds. The van der Waals surface area contributed by atoms with Crippen LogP contribution in [0, 0.1) is 0 Å². The highest BCUT2D eigenvalue weighted by atomic mass is 35.5. The third kappa shape index (κ3) is 5.23. The summed E-state index contributed by atoms with van der Waals surface area (Å²) >= 11 is 6.22. The van der Waals surface area contributed by atoms with E-state index in [-0.39, 0.29) is 19.1 Å². The SMILES string of the molecule is NC1C(C(=O)O)OC(n2cnc3c(NCc4cc(Cl)ccc4OCC(=O)N4CCCCC4)ncnc32)C1O. The largest absolute Gasteiger partial charge is 0.483 e. The molecule has 4 atom stereocenters. The first-order valence-corrected chi connectivity index (χ1v) is 12.6. The monoisotopic (exact) mass is 545 g/mol. The molecule has 0 bridgehead atoms. The van der Waals surface area contributed by atoms with Crippen molar-refractivity contribution in [3.63, 3.8) is 0 Å². The van der Waals surface area contributed by atoms with E-state index in [1.807, 2.05) is 4.90 Å². The van der Waals surface area contributed by atoms with Crippen LogP contribution < -0.4 is 15.8 Å². The fraction of sp³-hybridized carbons (Fsp3) is 0.458. The zero-order chi connectivity index (χ0) is 26.8. The van der Waals surface area contributed by atoms with Gasteiger partial charge >= 0.3 is 5.97 Å². The van der Waals surface area contributed by atoms with Gasteiger partial charge in [0.1, 0.15) is 18.2 Å². The molecule has 4 heterocycles. The van der Waals surface area contributed by atoms with Crippen LogP contribution in [0.1, 0.15) is 31.1 Å². The number of nitrogens with one attached hydrogen (secondary N) is 1. The molecule has 0 saturated carbocycles. The summed E-state index contributed by atoms with van der Waals surface area (Å²) in [5.74, 6) is -0.421. The standard InChI is InChI=1S/C24H28ClN7O6/c25-14-4-5-15(37-10-16(33)31-6-2-1-3-7-31)13(8-14)9-27-21-18-22(29-11-28-21)32(12-30-18)23-19(34)17(26)20(38-23)24(35)36/h4-5,8,11-12,17,19-20,23,34H,1-3,6-7,9-10,26H2,(H,35,36)(H,27,28,29). The molecule has 5 rings (SSSR count). The molecule has 1 aromatic carbocycles. The van der Waals surface area contributed by atoms with E-state index in [4.69, 9.17) is 26.8 Å². The molecule has 2 aliphatic heterocycles. The summed E-state index contributed by atoms with van der Waals surface area (Å²) in [6, 6.07) is 4.03. The average Bonchev–Trinajstić information content (AvgIpc) is 3.48. The lowest BCUT2D eigenvalue weighted by Crippen LogP contribution is -2.43. The molecular formula is C24H28ClN7O6. The zero-order valence-electron chi connectivity index (χ0n) is 20.4. The predicted octanol–water partition coefficient (Wildman–Crippen LogP) is 1.15. The number of aromatic nitrogens is 4. The van der Waals surface area contributed by atoms with Gasteiger partial charge in [-0.2, -0.15) is 0 Å². The molecule has 2 aromatic heterocycles. The molecule has 4 unspecified atom stereocenters. The number of amides is 1. The van der Waals surface area contributed by atoms with E-state index in [0.29, 0.717) is 33.3 Å². The number of piperidine rings is 1. The maximum atomic E-state index is 12.6. The van der Waals surface area contributed by atoms with Crippen molar-refractivity contribution < 1.29 is 29.3 Å². The molecule has 0 aliphatic carbocycles. The van der Waals surface area contributed by atoms with E-state index >= 15 is 0 Å². The van der Waals surface area contributed by atoms with Gasteiger partial charge in [-0.1, -0.05) is 11.6 Å². The quantitative estimate of drug-likeness (QED) is 0.319. The minimum absolute atomic E-state index is 0.0530. The molecule has 0 radical (unpaired) electrons. The van der Waals surface area contributed by atoms with Gasteiger partial charge in [-0.25, -0.2) is 19.7 Å². The third-order valence-corrected chi connectivity index (χ3v) is 6.96. The van der Waals surface area contributed by atoms with Crippen molar-refractivity contribution in [1.82, 2.24) is 24.4 Å². The Bertz CT molecular complexity index is 1330. The Morgan fingerprint density at radius 2 is 2.00 bits per heavy atom. The fourth-order valence-corrected chi connectivity index (χ4v) is 4.89. The first-order valence-electron chi connectivity index (χ1n) is 12.3. The van der Waals surface area contributed by atoms with E-state index in [2.05, 4.69) is 20.3 Å². The van der Waals surface area contributed by atoms with Gasteiger partial charge < -0.3 is 35.6 Å². The van der Waals surface area contributed by atoms with Crippen LogP contribution in [-0.2, 0) is 20.9 Å². The Balaban J connectivity index is 1.31. The number of carbonyl (C=O) groups excluding carboxylic acids is 1. The summed E-state index contributed by atoms with van der Waals surface area (Å²) in [5.41, 5.74) is 7.24. The van der Waals surface area contributed by atoms with Gasteiger partial charge in [-0.05, 0) is 37.5 Å². The van der Waals surface area contributed by atoms with Crippen LogP contribution in [0.4, 0.5) is 5.82 Å². The number of imidazole rings is 1. The molecular weight excluding hydrogens is 518 g/mol. The number of rotatable bonds is 8. The summed E-state index contributed by atoms with van der Waals surface area (Å²) in [5, 5.41) is 23.5. The number of aliphatic hydroxyl groups is 1. The number of carboxylic acids is 1. The van der Waals surface area contributed by atoms with Crippen molar-refractivity contribution in [3.05, 3.63) is 41.4 Å². The second kappa shape index (κ2) is 11.1. The van der Waals surface area contributed by atoms with Crippen molar-refractivity contribution in [2.75, 3.05) is 25.0 Å². The summed E-state index contributed by atoms with van der Waals surface area (Å²) in [4.78, 5) is 38.6. The maximum absolute atomic E-state index is 12.6. The fourth-order valence-electron chi connectivity index (χ4n) is 4.69. The van der Waals surface area contributed by atoms with E-state index in [9.17, 15) is 19.8 Å². The van der Waals surface area contributed by atoms with E-state index < -0.39 is 30.4 Å². The minimum atomic E-state index is -1.37. The van der Waals surface area contributed by atoms with Gasteiger partial charge in [0, 0.05) is 30.2 Å². The number of fused-ring (bicyclic) bond motifs is 1. The van der Waals surface area contributed by atoms with Crippen LogP contribution in [-0.4, -0.2) is 84.5 Å². The first kappa shape index (κ1) is 26.1. The number of carboxylic acid groups (broad SMARTS) is 1. The maximum Gasteiger partial charge on any atom is 0.334 e. The highest BCUT2D eigenvalue weighted by Gasteiger charge is 2.46. The molecule has 14 heteroatoms. The lowest BCUT2D eigenvalue weighted by Gasteiger charge is -2.26. The van der Waals surface area contributed by atoms with Crippen molar-refractivity contribution >= 4 is 40.5 Å². The highest BCUT2D eigenvalue weighted by molar-refractivity contribution is 6.30.